The number of benzene rings is 1. The summed E-state index contributed by atoms with van der Waals surface area (Å²) in [4.78, 5) is 4.63. The number of hydrogen-bond acceptors (Lipinski definition) is 3. The molecular formula is C17H28FN3. The molecule has 1 aliphatic rings. The fourth-order valence-corrected chi connectivity index (χ4v) is 3.09. The lowest BCUT2D eigenvalue weighted by Gasteiger charge is -2.38. The van der Waals surface area contributed by atoms with Crippen LogP contribution in [0.4, 0.5) is 10.1 Å². The molecule has 0 spiro atoms. The van der Waals surface area contributed by atoms with Crippen molar-refractivity contribution in [2.45, 2.75) is 38.8 Å². The Hall–Kier alpha value is -1.13. The van der Waals surface area contributed by atoms with Gasteiger partial charge in [0.1, 0.15) is 5.82 Å². The molecule has 1 heterocycles. The number of hydrogen-bond donors (Lipinski definition) is 1. The Bertz CT molecular complexity index is 450. The van der Waals surface area contributed by atoms with E-state index in [1.54, 1.807) is 6.07 Å². The Morgan fingerprint density at radius 1 is 1.43 bits per heavy atom. The molecule has 1 fully saturated rings. The first-order valence-corrected chi connectivity index (χ1v) is 8.03. The number of likely N-dealkylation sites (tertiary alicyclic amines) is 1. The predicted molar refractivity (Wildman–Crippen MR) is 87.3 cm³/mol. The lowest BCUT2D eigenvalue weighted by atomic mass is 10.0. The van der Waals surface area contributed by atoms with Gasteiger partial charge in [0.15, 0.2) is 0 Å². The van der Waals surface area contributed by atoms with E-state index in [4.69, 9.17) is 0 Å². The van der Waals surface area contributed by atoms with Gasteiger partial charge in [0.25, 0.3) is 0 Å². The zero-order chi connectivity index (χ0) is 15.2. The van der Waals surface area contributed by atoms with Crippen LogP contribution >= 0.6 is 0 Å². The molecule has 3 nitrogen and oxygen atoms in total. The molecule has 4 heteroatoms. The van der Waals surface area contributed by atoms with Crippen LogP contribution < -0.4 is 10.2 Å². The minimum absolute atomic E-state index is 0.105. The van der Waals surface area contributed by atoms with Gasteiger partial charge in [-0.05, 0) is 51.5 Å². The van der Waals surface area contributed by atoms with E-state index in [1.165, 1.54) is 19.4 Å². The average Bonchev–Trinajstić information content (AvgIpc) is 2.48. The number of nitrogens with zero attached hydrogens (tertiary/aromatic N) is 2. The first kappa shape index (κ1) is 16.2. The van der Waals surface area contributed by atoms with Crippen LogP contribution in [0.2, 0.25) is 0 Å². The van der Waals surface area contributed by atoms with Crippen LogP contribution in [0.1, 0.15) is 31.7 Å². The molecule has 21 heavy (non-hydrogen) atoms. The topological polar surface area (TPSA) is 18.5 Å². The highest BCUT2D eigenvalue weighted by atomic mass is 19.1. The second-order valence-corrected chi connectivity index (χ2v) is 6.08. The second-order valence-electron chi connectivity index (χ2n) is 6.08. The van der Waals surface area contributed by atoms with Crippen molar-refractivity contribution in [3.8, 4) is 0 Å². The Morgan fingerprint density at radius 3 is 2.95 bits per heavy atom. The number of anilines is 1. The van der Waals surface area contributed by atoms with E-state index in [0.29, 0.717) is 12.6 Å². The maximum atomic E-state index is 14.2. The van der Waals surface area contributed by atoms with Crippen molar-refractivity contribution in [3.63, 3.8) is 0 Å². The molecule has 118 valence electrons. The summed E-state index contributed by atoms with van der Waals surface area (Å²) in [5, 5.41) is 3.32. The van der Waals surface area contributed by atoms with E-state index in [2.05, 4.69) is 36.1 Å². The minimum Gasteiger partial charge on any atom is -0.370 e. The van der Waals surface area contributed by atoms with Gasteiger partial charge in [0, 0.05) is 37.4 Å². The molecule has 1 atom stereocenters. The maximum Gasteiger partial charge on any atom is 0.129 e. The Labute approximate surface area is 128 Å². The first-order valence-electron chi connectivity index (χ1n) is 8.03. The minimum atomic E-state index is -0.105. The standard InChI is InChI=1S/C17H28FN3/c1-4-10-19-12-15-16(18)8-5-9-17(15)21(3)14-7-6-11-20(2)13-14/h5,8-9,14,19H,4,6-7,10-13H2,1-3H3. The molecule has 2 rings (SSSR count). The maximum absolute atomic E-state index is 14.2. The zero-order valence-electron chi connectivity index (χ0n) is 13.5. The molecule has 1 aromatic carbocycles. The third-order valence-electron chi connectivity index (χ3n) is 4.35. The molecule has 0 aliphatic carbocycles. The van der Waals surface area contributed by atoms with E-state index in [-0.39, 0.29) is 5.82 Å². The lowest BCUT2D eigenvalue weighted by Crippen LogP contribution is -2.45. The van der Waals surface area contributed by atoms with Crippen molar-refractivity contribution in [2.75, 3.05) is 38.6 Å². The van der Waals surface area contributed by atoms with Gasteiger partial charge in [-0.15, -0.1) is 0 Å². The third-order valence-corrected chi connectivity index (χ3v) is 4.35. The van der Waals surface area contributed by atoms with E-state index < -0.39 is 0 Å². The van der Waals surface area contributed by atoms with Crippen molar-refractivity contribution in [1.29, 1.82) is 0 Å². The summed E-state index contributed by atoms with van der Waals surface area (Å²) in [5.41, 5.74) is 1.82. The second kappa shape index (κ2) is 7.76. The summed E-state index contributed by atoms with van der Waals surface area (Å²) < 4.78 is 14.2. The SMILES string of the molecule is CCCNCc1c(F)cccc1N(C)C1CCCN(C)C1. The Balaban J connectivity index is 2.15. The van der Waals surface area contributed by atoms with Crippen LogP contribution in [-0.4, -0.2) is 44.7 Å². The van der Waals surface area contributed by atoms with Crippen LogP contribution in [0.25, 0.3) is 0 Å². The molecule has 1 unspecified atom stereocenters. The molecule has 1 saturated heterocycles. The molecule has 0 saturated carbocycles. The third kappa shape index (κ3) is 4.17. The van der Waals surface area contributed by atoms with Crippen molar-refractivity contribution < 1.29 is 4.39 Å². The molecule has 0 aromatic heterocycles. The summed E-state index contributed by atoms with van der Waals surface area (Å²) in [5.74, 6) is -0.105. The predicted octanol–water partition coefficient (Wildman–Crippen LogP) is 2.86. The summed E-state index contributed by atoms with van der Waals surface area (Å²) in [7, 11) is 4.26. The summed E-state index contributed by atoms with van der Waals surface area (Å²) >= 11 is 0. The van der Waals surface area contributed by atoms with Gasteiger partial charge in [0.2, 0.25) is 0 Å². The monoisotopic (exact) mass is 293 g/mol. The highest BCUT2D eigenvalue weighted by Gasteiger charge is 2.23. The van der Waals surface area contributed by atoms with Crippen molar-refractivity contribution in [1.82, 2.24) is 10.2 Å². The van der Waals surface area contributed by atoms with E-state index in [0.717, 1.165) is 30.8 Å². The average molecular weight is 293 g/mol. The van der Waals surface area contributed by atoms with E-state index in [9.17, 15) is 4.39 Å². The Morgan fingerprint density at radius 2 is 2.24 bits per heavy atom. The van der Waals surface area contributed by atoms with Gasteiger partial charge in [-0.25, -0.2) is 4.39 Å². The molecule has 0 bridgehead atoms. The molecular weight excluding hydrogens is 265 g/mol. The normalized spacial score (nSPS) is 19.7. The van der Waals surface area contributed by atoms with Gasteiger partial charge in [0.05, 0.1) is 0 Å². The number of nitrogens with one attached hydrogen (secondary N) is 1. The molecule has 0 radical (unpaired) electrons. The summed E-state index contributed by atoms with van der Waals surface area (Å²) in [6.07, 6.45) is 3.45. The van der Waals surface area contributed by atoms with Gasteiger partial charge < -0.3 is 15.1 Å². The fraction of sp³-hybridized carbons (Fsp3) is 0.647. The summed E-state index contributed by atoms with van der Waals surface area (Å²) in [6.45, 7) is 5.86. The number of piperidine rings is 1. The van der Waals surface area contributed by atoms with Crippen molar-refractivity contribution >= 4 is 5.69 Å². The van der Waals surface area contributed by atoms with Gasteiger partial charge >= 0.3 is 0 Å². The zero-order valence-corrected chi connectivity index (χ0v) is 13.5. The number of halogens is 1. The fourth-order valence-electron chi connectivity index (χ4n) is 3.09. The van der Waals surface area contributed by atoms with Gasteiger partial charge in [-0.2, -0.15) is 0 Å². The number of rotatable bonds is 6. The van der Waals surface area contributed by atoms with Gasteiger partial charge in [-0.3, -0.25) is 0 Å². The van der Waals surface area contributed by atoms with Crippen molar-refractivity contribution in [3.05, 3.63) is 29.6 Å². The highest BCUT2D eigenvalue weighted by molar-refractivity contribution is 5.54. The van der Waals surface area contributed by atoms with Crippen LogP contribution in [0.15, 0.2) is 18.2 Å². The summed E-state index contributed by atoms with van der Waals surface area (Å²) in [6, 6.07) is 5.89. The van der Waals surface area contributed by atoms with Crippen LogP contribution in [0, 0.1) is 5.82 Å². The van der Waals surface area contributed by atoms with E-state index in [1.807, 2.05) is 12.1 Å². The lowest BCUT2D eigenvalue weighted by molar-refractivity contribution is 0.247. The number of likely N-dealkylation sites (N-methyl/N-ethyl adjacent to an activating group) is 2. The molecule has 0 amide bonds. The van der Waals surface area contributed by atoms with Crippen LogP contribution in [-0.2, 0) is 6.54 Å². The molecule has 1 N–H and O–H groups in total. The van der Waals surface area contributed by atoms with Crippen LogP contribution in [0.5, 0.6) is 0 Å². The molecule has 1 aromatic rings. The highest BCUT2D eigenvalue weighted by Crippen LogP contribution is 2.26. The van der Waals surface area contributed by atoms with Crippen molar-refractivity contribution in [2.24, 2.45) is 0 Å². The van der Waals surface area contributed by atoms with Gasteiger partial charge in [-0.1, -0.05) is 13.0 Å². The largest absolute Gasteiger partial charge is 0.370 e. The smallest absolute Gasteiger partial charge is 0.129 e. The van der Waals surface area contributed by atoms with Crippen LogP contribution in [0.3, 0.4) is 0 Å². The quantitative estimate of drug-likeness (QED) is 0.814. The molecule has 1 aliphatic heterocycles. The first-order chi connectivity index (χ1) is 10.1. The Kier molecular flexibility index (Phi) is 6.00. The van der Waals surface area contributed by atoms with E-state index >= 15 is 0 Å².